The van der Waals surface area contributed by atoms with Crippen molar-refractivity contribution in [3.8, 4) is 0 Å². The SMILES string of the molecule is C=CCN1CCCC(CSCCCCC)C1. The smallest absolute Gasteiger partial charge is 0.0160 e. The number of hydrogen-bond donors (Lipinski definition) is 0. The van der Waals surface area contributed by atoms with E-state index in [0.29, 0.717) is 0 Å². The summed E-state index contributed by atoms with van der Waals surface area (Å²) in [6.45, 7) is 9.77. The predicted octanol–water partition coefficient (Wildman–Crippen LogP) is 3.81. The molecule has 0 bridgehead atoms. The van der Waals surface area contributed by atoms with Gasteiger partial charge in [-0.3, -0.25) is 4.90 Å². The first-order chi connectivity index (χ1) is 7.86. The second-order valence-electron chi connectivity index (χ2n) is 4.84. The topological polar surface area (TPSA) is 3.24 Å². The fraction of sp³-hybridized carbons (Fsp3) is 0.857. The van der Waals surface area contributed by atoms with E-state index in [0.717, 1.165) is 12.5 Å². The van der Waals surface area contributed by atoms with Crippen LogP contribution < -0.4 is 0 Å². The summed E-state index contributed by atoms with van der Waals surface area (Å²) in [6, 6.07) is 0. The predicted molar refractivity (Wildman–Crippen MR) is 76.2 cm³/mol. The first kappa shape index (κ1) is 14.1. The van der Waals surface area contributed by atoms with Gasteiger partial charge in [0, 0.05) is 13.1 Å². The minimum Gasteiger partial charge on any atom is -0.299 e. The van der Waals surface area contributed by atoms with Crippen LogP contribution in [0.2, 0.25) is 0 Å². The summed E-state index contributed by atoms with van der Waals surface area (Å²) in [4.78, 5) is 2.55. The maximum Gasteiger partial charge on any atom is 0.0160 e. The lowest BCUT2D eigenvalue weighted by molar-refractivity contribution is 0.204. The molecule has 1 aliphatic heterocycles. The molecule has 0 saturated carbocycles. The van der Waals surface area contributed by atoms with Gasteiger partial charge in [0.15, 0.2) is 0 Å². The summed E-state index contributed by atoms with van der Waals surface area (Å²) in [5.74, 6) is 3.67. The molecule has 1 rings (SSSR count). The van der Waals surface area contributed by atoms with Gasteiger partial charge in [-0.05, 0) is 43.2 Å². The molecule has 0 aromatic heterocycles. The first-order valence-electron chi connectivity index (χ1n) is 6.77. The van der Waals surface area contributed by atoms with Crippen LogP contribution in [0.25, 0.3) is 0 Å². The highest BCUT2D eigenvalue weighted by molar-refractivity contribution is 7.99. The van der Waals surface area contributed by atoms with E-state index in [9.17, 15) is 0 Å². The Hall–Kier alpha value is 0.0500. The normalized spacial score (nSPS) is 22.2. The van der Waals surface area contributed by atoms with Crippen molar-refractivity contribution < 1.29 is 0 Å². The Labute approximate surface area is 106 Å². The third-order valence-corrected chi connectivity index (χ3v) is 4.52. The third-order valence-electron chi connectivity index (χ3n) is 3.24. The van der Waals surface area contributed by atoms with Crippen molar-refractivity contribution in [3.05, 3.63) is 12.7 Å². The van der Waals surface area contributed by atoms with E-state index in [4.69, 9.17) is 0 Å². The molecule has 94 valence electrons. The van der Waals surface area contributed by atoms with Gasteiger partial charge < -0.3 is 0 Å². The van der Waals surface area contributed by atoms with Crippen molar-refractivity contribution >= 4 is 11.8 Å². The maximum absolute atomic E-state index is 3.83. The molecule has 0 aromatic rings. The van der Waals surface area contributed by atoms with E-state index >= 15 is 0 Å². The Morgan fingerprint density at radius 3 is 3.06 bits per heavy atom. The van der Waals surface area contributed by atoms with Crippen LogP contribution in [0, 0.1) is 5.92 Å². The van der Waals surface area contributed by atoms with Gasteiger partial charge in [0.2, 0.25) is 0 Å². The zero-order valence-electron chi connectivity index (χ0n) is 10.8. The highest BCUT2D eigenvalue weighted by Crippen LogP contribution is 2.21. The zero-order valence-corrected chi connectivity index (χ0v) is 11.6. The second-order valence-corrected chi connectivity index (χ2v) is 5.99. The van der Waals surface area contributed by atoms with Crippen LogP contribution in [0.15, 0.2) is 12.7 Å². The molecular weight excluding hydrogens is 214 g/mol. The van der Waals surface area contributed by atoms with Crippen molar-refractivity contribution in [1.82, 2.24) is 4.90 Å². The number of thioether (sulfide) groups is 1. The molecule has 0 radical (unpaired) electrons. The van der Waals surface area contributed by atoms with Crippen LogP contribution in [-0.4, -0.2) is 36.0 Å². The van der Waals surface area contributed by atoms with Crippen molar-refractivity contribution in [2.75, 3.05) is 31.1 Å². The molecule has 1 fully saturated rings. The van der Waals surface area contributed by atoms with Gasteiger partial charge in [-0.15, -0.1) is 6.58 Å². The van der Waals surface area contributed by atoms with Gasteiger partial charge in [-0.2, -0.15) is 11.8 Å². The van der Waals surface area contributed by atoms with Crippen molar-refractivity contribution in [2.24, 2.45) is 5.92 Å². The number of hydrogen-bond acceptors (Lipinski definition) is 2. The Balaban J connectivity index is 2.05. The van der Waals surface area contributed by atoms with Crippen molar-refractivity contribution in [2.45, 2.75) is 39.0 Å². The fourth-order valence-corrected chi connectivity index (χ4v) is 3.52. The lowest BCUT2D eigenvalue weighted by Crippen LogP contribution is -2.36. The molecule has 0 aliphatic carbocycles. The Morgan fingerprint density at radius 2 is 2.31 bits per heavy atom. The van der Waals surface area contributed by atoms with E-state index in [1.807, 2.05) is 6.08 Å². The van der Waals surface area contributed by atoms with E-state index in [1.54, 1.807) is 0 Å². The fourth-order valence-electron chi connectivity index (χ4n) is 2.34. The lowest BCUT2D eigenvalue weighted by Gasteiger charge is -2.31. The van der Waals surface area contributed by atoms with Crippen LogP contribution in [0.5, 0.6) is 0 Å². The summed E-state index contributed by atoms with van der Waals surface area (Å²) < 4.78 is 0. The number of likely N-dealkylation sites (tertiary alicyclic amines) is 1. The van der Waals surface area contributed by atoms with Crippen LogP contribution in [-0.2, 0) is 0 Å². The number of rotatable bonds is 8. The molecule has 16 heavy (non-hydrogen) atoms. The van der Waals surface area contributed by atoms with Crippen LogP contribution in [0.1, 0.15) is 39.0 Å². The highest BCUT2D eigenvalue weighted by Gasteiger charge is 2.18. The average molecular weight is 241 g/mol. The van der Waals surface area contributed by atoms with E-state index in [2.05, 4.69) is 30.2 Å². The number of piperidine rings is 1. The molecular formula is C14H27NS. The van der Waals surface area contributed by atoms with Gasteiger partial charge in [0.1, 0.15) is 0 Å². The molecule has 1 nitrogen and oxygen atoms in total. The van der Waals surface area contributed by atoms with Gasteiger partial charge in [-0.1, -0.05) is 25.8 Å². The van der Waals surface area contributed by atoms with Gasteiger partial charge in [0.05, 0.1) is 0 Å². The van der Waals surface area contributed by atoms with Crippen LogP contribution in [0.3, 0.4) is 0 Å². The summed E-state index contributed by atoms with van der Waals surface area (Å²) in [7, 11) is 0. The Morgan fingerprint density at radius 1 is 1.44 bits per heavy atom. The minimum atomic E-state index is 0.931. The minimum absolute atomic E-state index is 0.931. The standard InChI is InChI=1S/C14H27NS/c1-3-5-6-11-16-13-14-8-7-10-15(12-14)9-4-2/h4,14H,2-3,5-13H2,1H3. The van der Waals surface area contributed by atoms with Crippen LogP contribution in [0.4, 0.5) is 0 Å². The lowest BCUT2D eigenvalue weighted by atomic mass is 10.0. The average Bonchev–Trinajstić information content (AvgIpc) is 2.30. The maximum atomic E-state index is 3.83. The van der Waals surface area contributed by atoms with Gasteiger partial charge in [0.25, 0.3) is 0 Å². The molecule has 0 aromatic carbocycles. The van der Waals surface area contributed by atoms with Crippen molar-refractivity contribution in [3.63, 3.8) is 0 Å². The molecule has 1 saturated heterocycles. The van der Waals surface area contributed by atoms with Crippen LogP contribution >= 0.6 is 11.8 Å². The molecule has 2 heteroatoms. The molecule has 1 aliphatic rings. The highest BCUT2D eigenvalue weighted by atomic mass is 32.2. The molecule has 0 N–H and O–H groups in total. The van der Waals surface area contributed by atoms with E-state index in [-0.39, 0.29) is 0 Å². The molecule has 1 atom stereocenters. The summed E-state index contributed by atoms with van der Waals surface area (Å²) in [6.07, 6.45) is 9.01. The van der Waals surface area contributed by atoms with Gasteiger partial charge >= 0.3 is 0 Å². The molecule has 1 heterocycles. The van der Waals surface area contributed by atoms with E-state index in [1.165, 1.54) is 56.7 Å². The monoisotopic (exact) mass is 241 g/mol. The van der Waals surface area contributed by atoms with Gasteiger partial charge in [-0.25, -0.2) is 0 Å². The number of unbranched alkanes of at least 4 members (excludes halogenated alkanes) is 2. The second kappa shape index (κ2) is 9.12. The summed E-state index contributed by atoms with van der Waals surface area (Å²) >= 11 is 2.17. The molecule has 0 amide bonds. The van der Waals surface area contributed by atoms with Crippen molar-refractivity contribution in [1.29, 1.82) is 0 Å². The first-order valence-corrected chi connectivity index (χ1v) is 7.93. The quantitative estimate of drug-likeness (QED) is 0.469. The number of nitrogens with zero attached hydrogens (tertiary/aromatic N) is 1. The Kier molecular flexibility index (Phi) is 8.04. The zero-order chi connectivity index (χ0) is 11.6. The molecule has 1 unspecified atom stereocenters. The van der Waals surface area contributed by atoms with E-state index < -0.39 is 0 Å². The third kappa shape index (κ3) is 5.95. The summed E-state index contributed by atoms with van der Waals surface area (Å²) in [5, 5.41) is 0. The molecule has 0 spiro atoms. The largest absolute Gasteiger partial charge is 0.299 e. The summed E-state index contributed by atoms with van der Waals surface area (Å²) in [5.41, 5.74) is 0. The Bertz CT molecular complexity index is 182.